The average Bonchev–Trinajstić information content (AvgIpc) is 2.83. The molecule has 4 rings (SSSR count). The number of carboxylic acid groups (broad SMARTS) is 2. The summed E-state index contributed by atoms with van der Waals surface area (Å²) < 4.78 is 11.3. The van der Waals surface area contributed by atoms with Crippen molar-refractivity contribution in [3.8, 4) is 11.5 Å². The summed E-state index contributed by atoms with van der Waals surface area (Å²) in [4.78, 5) is 32.8. The van der Waals surface area contributed by atoms with Crippen LogP contribution in [0.25, 0.3) is 0 Å². The average molecular weight is 469 g/mol. The zero-order chi connectivity index (χ0) is 24.7. The third kappa shape index (κ3) is 5.96. The predicted octanol–water partition coefficient (Wildman–Crippen LogP) is 2.44. The van der Waals surface area contributed by atoms with Crippen molar-refractivity contribution in [3.63, 3.8) is 0 Å². The second-order valence-electron chi connectivity index (χ2n) is 7.74. The van der Waals surface area contributed by atoms with Crippen LogP contribution in [0.2, 0.25) is 0 Å². The Morgan fingerprint density at radius 2 is 1.85 bits per heavy atom. The van der Waals surface area contributed by atoms with Gasteiger partial charge in [-0.15, -0.1) is 0 Å². The molecule has 0 saturated heterocycles. The van der Waals surface area contributed by atoms with Crippen LogP contribution in [0.5, 0.6) is 11.5 Å². The van der Waals surface area contributed by atoms with Crippen LogP contribution in [0.15, 0.2) is 47.9 Å². The molecule has 1 fully saturated rings. The Balaban J connectivity index is 0.000000350. The molecule has 2 aliphatic rings. The normalized spacial score (nSPS) is 20.8. The smallest absolute Gasteiger partial charge is 0.328 e. The molecule has 1 aromatic heterocycles. The summed E-state index contributed by atoms with van der Waals surface area (Å²) >= 11 is 0. The first kappa shape index (κ1) is 24.8. The van der Waals surface area contributed by atoms with E-state index in [0.29, 0.717) is 30.9 Å². The third-order valence-electron chi connectivity index (χ3n) is 5.55. The van der Waals surface area contributed by atoms with Crippen molar-refractivity contribution in [2.24, 2.45) is 4.99 Å². The van der Waals surface area contributed by atoms with Gasteiger partial charge >= 0.3 is 11.9 Å². The van der Waals surface area contributed by atoms with E-state index in [2.05, 4.69) is 16.0 Å². The molecule has 3 N–H and O–H groups in total. The van der Waals surface area contributed by atoms with Gasteiger partial charge in [0, 0.05) is 36.0 Å². The number of methoxy groups -OCH3 is 1. The summed E-state index contributed by atoms with van der Waals surface area (Å²) in [6.07, 6.45) is 8.27. The summed E-state index contributed by atoms with van der Waals surface area (Å²) in [5.74, 6) is -0.927. The Morgan fingerprint density at radius 3 is 2.44 bits per heavy atom. The van der Waals surface area contributed by atoms with Gasteiger partial charge in [0.25, 0.3) is 0 Å². The van der Waals surface area contributed by atoms with Crippen LogP contribution in [0.3, 0.4) is 0 Å². The van der Waals surface area contributed by atoms with E-state index in [1.807, 2.05) is 13.0 Å². The lowest BCUT2D eigenvalue weighted by atomic mass is 9.74. The van der Waals surface area contributed by atoms with Crippen LogP contribution in [0, 0.1) is 0 Å². The maximum absolute atomic E-state index is 10.2. The van der Waals surface area contributed by atoms with Crippen molar-refractivity contribution in [2.75, 3.05) is 13.7 Å². The summed E-state index contributed by atoms with van der Waals surface area (Å²) in [5.41, 5.74) is 3.73. The number of rotatable bonds is 6. The number of hydrogen-bond donors (Lipinski definition) is 3. The molecule has 0 unspecified atom stereocenters. The highest BCUT2D eigenvalue weighted by molar-refractivity contribution is 6.13. The lowest BCUT2D eigenvalue weighted by Crippen LogP contribution is -2.34. The predicted molar refractivity (Wildman–Crippen MR) is 123 cm³/mol. The molecule has 0 spiro atoms. The van der Waals surface area contributed by atoms with Crippen LogP contribution in [-0.4, -0.2) is 68.8 Å². The largest absolute Gasteiger partial charge is 0.493 e. The molecule has 10 heteroatoms. The standard InChI is InChI=1S/C20H23N3O3.C4H4O4/c1-3-26-19-9-13-14-8-12(24)4-5-16(14)23-20(15(13)10-18(19)25-2)17-11-21-6-7-22-17;5-3(6)1-2-4(7)8/h6-7,9-12,14,16,24H,3-5,8H2,1-2H3;1-2H,(H,5,6)(H,7,8)/b;2-1-/t12-,14-,16-;/m1./s1. The van der Waals surface area contributed by atoms with Gasteiger partial charge in [-0.2, -0.15) is 0 Å². The van der Waals surface area contributed by atoms with Crippen LogP contribution in [0.1, 0.15) is 48.9 Å². The van der Waals surface area contributed by atoms with Gasteiger partial charge in [0.2, 0.25) is 0 Å². The van der Waals surface area contributed by atoms with E-state index in [1.165, 1.54) is 0 Å². The maximum Gasteiger partial charge on any atom is 0.328 e. The van der Waals surface area contributed by atoms with Gasteiger partial charge in [-0.3, -0.25) is 15.0 Å². The third-order valence-corrected chi connectivity index (χ3v) is 5.55. The number of aliphatic imine (C=N–C) groups is 1. The number of carboxylic acids is 2. The molecule has 10 nitrogen and oxygen atoms in total. The minimum atomic E-state index is -1.26. The summed E-state index contributed by atoms with van der Waals surface area (Å²) in [5, 5.41) is 25.8. The minimum absolute atomic E-state index is 0.144. The van der Waals surface area contributed by atoms with Gasteiger partial charge in [-0.05, 0) is 43.9 Å². The fourth-order valence-electron chi connectivity index (χ4n) is 4.14. The monoisotopic (exact) mass is 469 g/mol. The number of ether oxygens (including phenoxy) is 2. The quantitative estimate of drug-likeness (QED) is 0.542. The first-order valence-corrected chi connectivity index (χ1v) is 10.8. The molecule has 1 aromatic carbocycles. The zero-order valence-electron chi connectivity index (χ0n) is 18.9. The molecule has 1 aliphatic heterocycles. The highest BCUT2D eigenvalue weighted by Gasteiger charge is 2.37. The first-order chi connectivity index (χ1) is 16.3. The van der Waals surface area contributed by atoms with Crippen molar-refractivity contribution < 1.29 is 34.4 Å². The van der Waals surface area contributed by atoms with Crippen molar-refractivity contribution in [3.05, 3.63) is 59.7 Å². The Morgan fingerprint density at radius 1 is 1.12 bits per heavy atom. The Hall–Kier alpha value is -3.79. The Kier molecular flexibility index (Phi) is 8.31. The van der Waals surface area contributed by atoms with Crippen molar-refractivity contribution in [1.29, 1.82) is 0 Å². The van der Waals surface area contributed by atoms with Gasteiger partial charge in [0.05, 0.1) is 37.8 Å². The zero-order valence-corrected chi connectivity index (χ0v) is 18.9. The van der Waals surface area contributed by atoms with Gasteiger partial charge in [-0.1, -0.05) is 0 Å². The van der Waals surface area contributed by atoms with Gasteiger partial charge < -0.3 is 24.8 Å². The van der Waals surface area contributed by atoms with Gasteiger partial charge in [0.1, 0.15) is 5.69 Å². The summed E-state index contributed by atoms with van der Waals surface area (Å²) in [6, 6.07) is 4.18. The summed E-state index contributed by atoms with van der Waals surface area (Å²) in [7, 11) is 1.64. The highest BCUT2D eigenvalue weighted by atomic mass is 16.5. The van der Waals surface area contributed by atoms with E-state index in [4.69, 9.17) is 24.7 Å². The fourth-order valence-corrected chi connectivity index (χ4v) is 4.14. The number of aromatic nitrogens is 2. The topological polar surface area (TPSA) is 151 Å². The SMILES string of the molecule is CCOc1cc2c(cc1OC)C(c1cnccn1)=N[C@@H]1CC[C@@H](O)C[C@H]21.O=C(O)/C=C\C(=O)O. The molecule has 3 atom stereocenters. The van der Waals surface area contributed by atoms with Gasteiger partial charge in [-0.25, -0.2) is 9.59 Å². The fraction of sp³-hybridized carbons (Fsp3) is 0.375. The Labute approximate surface area is 196 Å². The molecular weight excluding hydrogens is 442 g/mol. The molecule has 0 radical (unpaired) electrons. The van der Waals surface area contributed by atoms with Crippen LogP contribution in [-0.2, 0) is 9.59 Å². The second-order valence-corrected chi connectivity index (χ2v) is 7.74. The van der Waals surface area contributed by atoms with Crippen molar-refractivity contribution in [1.82, 2.24) is 9.97 Å². The lowest BCUT2D eigenvalue weighted by molar-refractivity contribution is -0.134. The summed E-state index contributed by atoms with van der Waals surface area (Å²) in [6.45, 7) is 2.52. The van der Waals surface area contributed by atoms with Crippen molar-refractivity contribution >= 4 is 17.7 Å². The maximum atomic E-state index is 10.2. The molecule has 1 aliphatic carbocycles. The van der Waals surface area contributed by atoms with E-state index in [9.17, 15) is 14.7 Å². The molecule has 0 amide bonds. The number of aliphatic hydroxyl groups is 1. The van der Waals surface area contributed by atoms with Crippen LogP contribution in [0.4, 0.5) is 0 Å². The minimum Gasteiger partial charge on any atom is -0.493 e. The van der Waals surface area contributed by atoms with Gasteiger partial charge in [0.15, 0.2) is 11.5 Å². The van der Waals surface area contributed by atoms with Crippen molar-refractivity contribution in [2.45, 2.75) is 44.2 Å². The Bertz CT molecular complexity index is 1070. The van der Waals surface area contributed by atoms with E-state index >= 15 is 0 Å². The number of aliphatic hydroxyl groups excluding tert-OH is 1. The molecule has 0 bridgehead atoms. The van der Waals surface area contributed by atoms with Crippen LogP contribution >= 0.6 is 0 Å². The van der Waals surface area contributed by atoms with Crippen LogP contribution < -0.4 is 9.47 Å². The van der Waals surface area contributed by atoms with E-state index < -0.39 is 11.9 Å². The molecule has 2 aromatic rings. The molecular formula is C24H27N3O7. The number of hydrogen-bond acceptors (Lipinski definition) is 8. The number of benzene rings is 1. The molecule has 2 heterocycles. The van der Waals surface area contributed by atoms with E-state index in [-0.39, 0.29) is 18.1 Å². The number of nitrogens with zero attached hydrogens (tertiary/aromatic N) is 3. The lowest BCUT2D eigenvalue weighted by Gasteiger charge is -2.37. The van der Waals surface area contributed by atoms with E-state index in [0.717, 1.165) is 41.1 Å². The molecule has 34 heavy (non-hydrogen) atoms. The molecule has 180 valence electrons. The number of aliphatic carboxylic acids is 2. The molecule has 1 saturated carbocycles. The number of fused-ring (bicyclic) bond motifs is 3. The number of carbonyl (C=O) groups is 2. The van der Waals surface area contributed by atoms with E-state index in [1.54, 1.807) is 25.7 Å². The second kappa shape index (κ2) is 11.4. The highest BCUT2D eigenvalue weighted by Crippen LogP contribution is 2.44. The first-order valence-electron chi connectivity index (χ1n) is 10.8.